The fourth-order valence-corrected chi connectivity index (χ4v) is 4.59. The van der Waals surface area contributed by atoms with Gasteiger partial charge in [0, 0.05) is 18.1 Å². The number of thiophene rings is 1. The molecule has 1 aromatic heterocycles. The molecule has 23 heavy (non-hydrogen) atoms. The zero-order chi connectivity index (χ0) is 16.7. The van der Waals surface area contributed by atoms with Crippen molar-refractivity contribution < 1.29 is 17.9 Å². The topological polar surface area (TPSA) is 72.5 Å². The van der Waals surface area contributed by atoms with Crippen molar-refractivity contribution in [1.82, 2.24) is 4.72 Å². The summed E-state index contributed by atoms with van der Waals surface area (Å²) in [5, 5.41) is 4.10. The molecule has 0 spiro atoms. The van der Waals surface area contributed by atoms with Gasteiger partial charge in [-0.3, -0.25) is 0 Å². The number of sulfonamides is 1. The Balaban J connectivity index is 1.87. The van der Waals surface area contributed by atoms with Crippen LogP contribution in [-0.4, -0.2) is 33.8 Å². The molecule has 1 aromatic carbocycles. The van der Waals surface area contributed by atoms with E-state index in [0.29, 0.717) is 12.3 Å². The third-order valence-corrected chi connectivity index (χ3v) is 6.17. The average molecular weight is 372 g/mol. The molecule has 0 aliphatic carbocycles. The van der Waals surface area contributed by atoms with Gasteiger partial charge < -0.3 is 4.74 Å². The van der Waals surface area contributed by atoms with Gasteiger partial charge in [-0.2, -0.15) is 23.1 Å². The number of benzene rings is 1. The van der Waals surface area contributed by atoms with Crippen molar-refractivity contribution >= 4 is 39.1 Å². The molecule has 0 aliphatic heterocycles. The highest BCUT2D eigenvalue weighted by Crippen LogP contribution is 2.15. The Morgan fingerprint density at radius 1 is 1.35 bits per heavy atom. The summed E-state index contributed by atoms with van der Waals surface area (Å²) in [7, 11) is -2.37. The van der Waals surface area contributed by atoms with Crippen LogP contribution in [0.4, 0.5) is 0 Å². The summed E-state index contributed by atoms with van der Waals surface area (Å²) in [5.74, 6) is 0.975. The quantitative estimate of drug-likeness (QED) is 0.571. The Kier molecular flexibility index (Phi) is 6.64. The van der Waals surface area contributed by atoms with E-state index < -0.39 is 16.0 Å². The molecule has 0 aliphatic rings. The molecule has 0 fully saturated rings. The number of carbonyl (C=O) groups is 1. The van der Waals surface area contributed by atoms with Crippen LogP contribution in [0.15, 0.2) is 46.0 Å². The Labute approximate surface area is 144 Å². The van der Waals surface area contributed by atoms with Gasteiger partial charge in [-0.15, -0.1) is 0 Å². The van der Waals surface area contributed by atoms with Crippen LogP contribution in [0.3, 0.4) is 0 Å². The summed E-state index contributed by atoms with van der Waals surface area (Å²) in [6, 6.07) is 7.85. The largest absolute Gasteiger partial charge is 0.465 e. The lowest BCUT2D eigenvalue weighted by molar-refractivity contribution is 0.0600. The van der Waals surface area contributed by atoms with Crippen LogP contribution >= 0.6 is 23.1 Å². The van der Waals surface area contributed by atoms with E-state index in [-0.39, 0.29) is 10.5 Å². The molecule has 0 saturated heterocycles. The standard InChI is InChI=1S/C15H17NO4S3/c1-20-15(17)13-3-2-4-14(9-13)23(18,19)16-6-8-22-11-12-5-7-21-10-12/h2-5,7,9-10,16H,6,8,11H2,1H3. The predicted octanol–water partition coefficient (Wildman–Crippen LogP) is 2.75. The van der Waals surface area contributed by atoms with Crippen molar-refractivity contribution in [2.75, 3.05) is 19.4 Å². The molecule has 2 aromatic rings. The number of thioether (sulfide) groups is 1. The number of esters is 1. The number of rotatable bonds is 8. The van der Waals surface area contributed by atoms with Crippen molar-refractivity contribution in [3.05, 3.63) is 52.2 Å². The van der Waals surface area contributed by atoms with Crippen molar-refractivity contribution in [2.24, 2.45) is 0 Å². The summed E-state index contributed by atoms with van der Waals surface area (Å²) in [6.07, 6.45) is 0. The minimum Gasteiger partial charge on any atom is -0.465 e. The van der Waals surface area contributed by atoms with Crippen LogP contribution in [0.25, 0.3) is 0 Å². The molecular weight excluding hydrogens is 354 g/mol. The molecule has 2 rings (SSSR count). The molecule has 0 atom stereocenters. The molecule has 0 bridgehead atoms. The number of carbonyl (C=O) groups excluding carboxylic acids is 1. The second-order valence-electron chi connectivity index (χ2n) is 4.60. The first kappa shape index (κ1) is 18.0. The van der Waals surface area contributed by atoms with Gasteiger partial charge in [0.2, 0.25) is 10.0 Å². The maximum atomic E-state index is 12.2. The fourth-order valence-electron chi connectivity index (χ4n) is 1.80. The van der Waals surface area contributed by atoms with E-state index in [2.05, 4.69) is 20.9 Å². The molecule has 1 heterocycles. The molecule has 8 heteroatoms. The maximum absolute atomic E-state index is 12.2. The lowest BCUT2D eigenvalue weighted by atomic mass is 10.2. The van der Waals surface area contributed by atoms with Gasteiger partial charge >= 0.3 is 5.97 Å². The second kappa shape index (κ2) is 8.49. The minimum atomic E-state index is -3.63. The van der Waals surface area contributed by atoms with Crippen LogP contribution in [0.2, 0.25) is 0 Å². The molecular formula is C15H17NO4S3. The monoisotopic (exact) mass is 371 g/mol. The molecule has 0 amide bonds. The zero-order valence-electron chi connectivity index (χ0n) is 12.5. The SMILES string of the molecule is COC(=O)c1cccc(S(=O)(=O)NCCSCc2ccsc2)c1. The van der Waals surface area contributed by atoms with Gasteiger partial charge in [-0.1, -0.05) is 6.07 Å². The van der Waals surface area contributed by atoms with E-state index >= 15 is 0 Å². The van der Waals surface area contributed by atoms with Crippen molar-refractivity contribution in [2.45, 2.75) is 10.6 Å². The molecule has 1 N–H and O–H groups in total. The number of nitrogens with one attached hydrogen (secondary N) is 1. The van der Waals surface area contributed by atoms with E-state index in [9.17, 15) is 13.2 Å². The summed E-state index contributed by atoms with van der Waals surface area (Å²) in [4.78, 5) is 11.5. The molecule has 5 nitrogen and oxygen atoms in total. The predicted molar refractivity (Wildman–Crippen MR) is 93.5 cm³/mol. The van der Waals surface area contributed by atoms with Crippen molar-refractivity contribution in [1.29, 1.82) is 0 Å². The highest BCUT2D eigenvalue weighted by atomic mass is 32.2. The van der Waals surface area contributed by atoms with E-state index in [1.807, 2.05) is 5.38 Å². The Hall–Kier alpha value is -1.35. The highest BCUT2D eigenvalue weighted by Gasteiger charge is 2.15. The lowest BCUT2D eigenvalue weighted by Crippen LogP contribution is -2.26. The van der Waals surface area contributed by atoms with Gasteiger partial charge in [-0.25, -0.2) is 17.9 Å². The first-order valence-corrected chi connectivity index (χ1v) is 10.4. The van der Waals surface area contributed by atoms with Crippen LogP contribution in [-0.2, 0) is 20.5 Å². The van der Waals surface area contributed by atoms with Crippen LogP contribution in [0.1, 0.15) is 15.9 Å². The van der Waals surface area contributed by atoms with Crippen LogP contribution < -0.4 is 4.72 Å². The first-order valence-electron chi connectivity index (χ1n) is 6.80. The number of ether oxygens (including phenoxy) is 1. The summed E-state index contributed by atoms with van der Waals surface area (Å²) in [6.45, 7) is 0.333. The lowest BCUT2D eigenvalue weighted by Gasteiger charge is -2.07. The molecule has 0 radical (unpaired) electrons. The molecule has 124 valence electrons. The number of hydrogen-bond donors (Lipinski definition) is 1. The summed E-state index contributed by atoms with van der Waals surface area (Å²) >= 11 is 3.31. The normalized spacial score (nSPS) is 11.3. The number of hydrogen-bond acceptors (Lipinski definition) is 6. The third-order valence-electron chi connectivity index (χ3n) is 2.95. The second-order valence-corrected chi connectivity index (χ2v) is 8.25. The number of methoxy groups -OCH3 is 1. The van der Waals surface area contributed by atoms with Gasteiger partial charge in [0.25, 0.3) is 0 Å². The minimum absolute atomic E-state index is 0.0586. The Morgan fingerprint density at radius 2 is 2.17 bits per heavy atom. The average Bonchev–Trinajstić information content (AvgIpc) is 3.07. The summed E-state index contributed by atoms with van der Waals surface area (Å²) < 4.78 is 31.6. The van der Waals surface area contributed by atoms with Crippen molar-refractivity contribution in [3.63, 3.8) is 0 Å². The fraction of sp³-hybridized carbons (Fsp3) is 0.267. The zero-order valence-corrected chi connectivity index (χ0v) is 15.0. The maximum Gasteiger partial charge on any atom is 0.337 e. The third kappa shape index (κ3) is 5.35. The Bertz CT molecular complexity index is 742. The van der Waals surface area contributed by atoms with Gasteiger partial charge in [0.05, 0.1) is 17.6 Å². The smallest absolute Gasteiger partial charge is 0.337 e. The van der Waals surface area contributed by atoms with E-state index in [1.165, 1.54) is 36.9 Å². The first-order chi connectivity index (χ1) is 11.0. The van der Waals surface area contributed by atoms with Crippen LogP contribution in [0.5, 0.6) is 0 Å². The Morgan fingerprint density at radius 3 is 2.87 bits per heavy atom. The summed E-state index contributed by atoms with van der Waals surface area (Å²) in [5.41, 5.74) is 1.45. The van der Waals surface area contributed by atoms with E-state index in [1.54, 1.807) is 23.1 Å². The molecule has 0 unspecified atom stereocenters. The van der Waals surface area contributed by atoms with Gasteiger partial charge in [0.15, 0.2) is 0 Å². The van der Waals surface area contributed by atoms with Crippen LogP contribution in [0, 0.1) is 0 Å². The van der Waals surface area contributed by atoms with Gasteiger partial charge in [0.1, 0.15) is 0 Å². The van der Waals surface area contributed by atoms with E-state index in [4.69, 9.17) is 0 Å². The van der Waals surface area contributed by atoms with Gasteiger partial charge in [-0.05, 0) is 40.6 Å². The van der Waals surface area contributed by atoms with Crippen molar-refractivity contribution in [3.8, 4) is 0 Å². The molecule has 0 saturated carbocycles. The van der Waals surface area contributed by atoms with E-state index in [0.717, 1.165) is 5.75 Å². The highest BCUT2D eigenvalue weighted by molar-refractivity contribution is 7.98.